The molecule has 0 spiro atoms. The van der Waals surface area contributed by atoms with Gasteiger partial charge < -0.3 is 10.0 Å². The summed E-state index contributed by atoms with van der Waals surface area (Å²) in [5.74, 6) is 0.161. The Morgan fingerprint density at radius 3 is 2.41 bits per heavy atom. The first-order chi connectivity index (χ1) is 10.5. The molecule has 0 unspecified atom stereocenters. The van der Waals surface area contributed by atoms with Gasteiger partial charge in [-0.05, 0) is 23.8 Å². The average Bonchev–Trinajstić information content (AvgIpc) is 3.21. The Morgan fingerprint density at radius 2 is 1.91 bits per heavy atom. The predicted octanol–water partition coefficient (Wildman–Crippen LogP) is 3.64. The van der Waals surface area contributed by atoms with Gasteiger partial charge in [-0.3, -0.25) is 4.79 Å². The number of carbonyl (C=O) groups is 1. The molecule has 1 fully saturated rings. The molecule has 0 heterocycles. The Kier molecular flexibility index (Phi) is 5.28. The van der Waals surface area contributed by atoms with Gasteiger partial charge in [0.1, 0.15) is 0 Å². The molecule has 1 aliphatic carbocycles. The topological polar surface area (TPSA) is 40.5 Å². The highest BCUT2D eigenvalue weighted by Crippen LogP contribution is 2.68. The molecule has 1 N–H and O–H groups in total. The van der Waals surface area contributed by atoms with Crippen LogP contribution in [-0.4, -0.2) is 30.0 Å². The van der Waals surface area contributed by atoms with Crippen molar-refractivity contribution < 1.29 is 9.90 Å². The Labute approximate surface area is 134 Å². The first-order valence-electron chi connectivity index (χ1n) is 8.43. The predicted molar refractivity (Wildman–Crippen MR) is 89.3 cm³/mol. The first kappa shape index (κ1) is 17.0. The van der Waals surface area contributed by atoms with Gasteiger partial charge in [0.2, 0.25) is 5.91 Å². The number of nitrogens with zero attached hydrogens (tertiary/aromatic N) is 1. The van der Waals surface area contributed by atoms with Crippen molar-refractivity contribution in [2.45, 2.75) is 45.6 Å². The number of hydrogen-bond acceptors (Lipinski definition) is 2. The zero-order chi connectivity index (χ0) is 16.3. The molecule has 2 rings (SSSR count). The van der Waals surface area contributed by atoms with Crippen molar-refractivity contribution in [3.8, 4) is 0 Å². The van der Waals surface area contributed by atoms with Gasteiger partial charge in [0.15, 0.2) is 0 Å². The summed E-state index contributed by atoms with van der Waals surface area (Å²) in [6, 6.07) is 9.77. The molecule has 3 heteroatoms. The van der Waals surface area contributed by atoms with Crippen LogP contribution in [-0.2, 0) is 4.79 Å². The van der Waals surface area contributed by atoms with Crippen LogP contribution in [0.4, 0.5) is 0 Å². The van der Waals surface area contributed by atoms with Crippen LogP contribution in [0.25, 0.3) is 0 Å². The molecule has 0 radical (unpaired) electrons. The van der Waals surface area contributed by atoms with Crippen molar-refractivity contribution in [1.82, 2.24) is 4.90 Å². The number of hydrogen-bond donors (Lipinski definition) is 1. The second-order valence-electron chi connectivity index (χ2n) is 6.78. The summed E-state index contributed by atoms with van der Waals surface area (Å²) in [7, 11) is 3.62. The molecule has 1 saturated carbocycles. The van der Waals surface area contributed by atoms with E-state index < -0.39 is 6.10 Å². The number of aliphatic hydroxyl groups is 1. The second kappa shape index (κ2) is 6.82. The van der Waals surface area contributed by atoms with Gasteiger partial charge in [0.05, 0.1) is 12.0 Å². The minimum atomic E-state index is -0.549. The summed E-state index contributed by atoms with van der Waals surface area (Å²) in [6.45, 7) is 4.33. The molecule has 4 atom stereocenters. The van der Waals surface area contributed by atoms with Crippen molar-refractivity contribution in [2.24, 2.45) is 17.3 Å². The molecule has 1 amide bonds. The maximum absolute atomic E-state index is 12.6. The van der Waals surface area contributed by atoms with Gasteiger partial charge >= 0.3 is 0 Å². The number of amides is 1. The lowest BCUT2D eigenvalue weighted by molar-refractivity contribution is -0.131. The van der Waals surface area contributed by atoms with Gasteiger partial charge in [-0.1, -0.05) is 57.0 Å². The first-order valence-corrected chi connectivity index (χ1v) is 8.43. The van der Waals surface area contributed by atoms with Crippen LogP contribution < -0.4 is 0 Å². The van der Waals surface area contributed by atoms with Crippen LogP contribution in [0.2, 0.25) is 0 Å². The maximum Gasteiger partial charge on any atom is 0.226 e. The standard InChI is InChI=1S/C19H29NO2/c1-5-7-13-19(6-2)15(16(19)18(22)20(3)4)17(21)14-11-9-8-10-12-14/h8-12,15-17,21H,5-7,13H2,1-4H3/t15-,16+,17-,19-/m0/s1. The Bertz CT molecular complexity index is 499. The van der Waals surface area contributed by atoms with E-state index in [4.69, 9.17) is 0 Å². The molecule has 122 valence electrons. The van der Waals surface area contributed by atoms with Crippen molar-refractivity contribution in [2.75, 3.05) is 14.1 Å². The third-order valence-electron chi connectivity index (χ3n) is 5.38. The van der Waals surface area contributed by atoms with Crippen molar-refractivity contribution in [3.05, 3.63) is 35.9 Å². The number of rotatable bonds is 7. The minimum Gasteiger partial charge on any atom is -0.388 e. The lowest BCUT2D eigenvalue weighted by Crippen LogP contribution is -2.26. The van der Waals surface area contributed by atoms with E-state index in [1.807, 2.05) is 44.4 Å². The second-order valence-corrected chi connectivity index (χ2v) is 6.78. The highest BCUT2D eigenvalue weighted by Gasteiger charge is 2.68. The minimum absolute atomic E-state index is 0.0351. The van der Waals surface area contributed by atoms with E-state index in [1.54, 1.807) is 4.90 Å². The lowest BCUT2D eigenvalue weighted by atomic mass is 9.89. The molecule has 22 heavy (non-hydrogen) atoms. The SMILES string of the molecule is CCCC[C@@]1(CC)[C@H]([C@@H](O)c2ccccc2)[C@@H]1C(=O)N(C)C. The third-order valence-corrected chi connectivity index (χ3v) is 5.38. The largest absolute Gasteiger partial charge is 0.388 e. The van der Waals surface area contributed by atoms with Crippen LogP contribution in [0, 0.1) is 17.3 Å². The van der Waals surface area contributed by atoms with Gasteiger partial charge in [-0.25, -0.2) is 0 Å². The van der Waals surface area contributed by atoms with E-state index in [0.717, 1.165) is 31.2 Å². The van der Waals surface area contributed by atoms with E-state index in [-0.39, 0.29) is 23.2 Å². The van der Waals surface area contributed by atoms with Crippen LogP contribution in [0.3, 0.4) is 0 Å². The number of aliphatic hydroxyl groups excluding tert-OH is 1. The number of unbranched alkanes of at least 4 members (excludes halogenated alkanes) is 1. The number of benzene rings is 1. The zero-order valence-electron chi connectivity index (χ0n) is 14.2. The van der Waals surface area contributed by atoms with E-state index in [2.05, 4.69) is 13.8 Å². The average molecular weight is 303 g/mol. The molecule has 0 aliphatic heterocycles. The molecule has 1 aromatic carbocycles. The van der Waals surface area contributed by atoms with E-state index >= 15 is 0 Å². The van der Waals surface area contributed by atoms with Gasteiger partial charge in [-0.2, -0.15) is 0 Å². The molecule has 0 aromatic heterocycles. The van der Waals surface area contributed by atoms with Crippen molar-refractivity contribution in [1.29, 1.82) is 0 Å². The summed E-state index contributed by atoms with van der Waals surface area (Å²) in [5.41, 5.74) is 0.892. The Balaban J connectivity index is 2.28. The number of carbonyl (C=O) groups excluding carboxylic acids is 1. The smallest absolute Gasteiger partial charge is 0.226 e. The lowest BCUT2D eigenvalue weighted by Gasteiger charge is -2.18. The fraction of sp³-hybridized carbons (Fsp3) is 0.632. The molecule has 0 bridgehead atoms. The summed E-state index contributed by atoms with van der Waals surface area (Å²) in [6.07, 6.45) is 3.67. The molecular formula is C19H29NO2. The van der Waals surface area contributed by atoms with E-state index in [9.17, 15) is 9.90 Å². The summed E-state index contributed by atoms with van der Waals surface area (Å²) in [4.78, 5) is 14.3. The fourth-order valence-electron chi connectivity index (χ4n) is 4.02. The molecular weight excluding hydrogens is 274 g/mol. The van der Waals surface area contributed by atoms with Crippen LogP contribution in [0.5, 0.6) is 0 Å². The summed E-state index contributed by atoms with van der Waals surface area (Å²) in [5, 5.41) is 10.9. The summed E-state index contributed by atoms with van der Waals surface area (Å²) >= 11 is 0. The molecule has 1 aromatic rings. The Morgan fingerprint density at radius 1 is 1.27 bits per heavy atom. The van der Waals surface area contributed by atoms with Crippen molar-refractivity contribution >= 4 is 5.91 Å². The van der Waals surface area contributed by atoms with Gasteiger partial charge in [0.25, 0.3) is 0 Å². The fourth-order valence-corrected chi connectivity index (χ4v) is 4.02. The van der Waals surface area contributed by atoms with Gasteiger partial charge in [-0.15, -0.1) is 0 Å². The highest BCUT2D eigenvalue weighted by atomic mass is 16.3. The normalized spacial score (nSPS) is 28.2. The molecule has 0 saturated heterocycles. The van der Waals surface area contributed by atoms with Crippen LogP contribution in [0.15, 0.2) is 30.3 Å². The zero-order valence-corrected chi connectivity index (χ0v) is 14.2. The quantitative estimate of drug-likeness (QED) is 0.835. The Hall–Kier alpha value is -1.35. The highest BCUT2D eigenvalue weighted by molar-refractivity contribution is 5.83. The molecule has 1 aliphatic rings. The van der Waals surface area contributed by atoms with Gasteiger partial charge in [0, 0.05) is 20.0 Å². The maximum atomic E-state index is 12.6. The van der Waals surface area contributed by atoms with E-state index in [1.165, 1.54) is 0 Å². The van der Waals surface area contributed by atoms with Crippen molar-refractivity contribution in [3.63, 3.8) is 0 Å². The van der Waals surface area contributed by atoms with Crippen LogP contribution >= 0.6 is 0 Å². The third kappa shape index (κ3) is 2.91. The molecule has 3 nitrogen and oxygen atoms in total. The summed E-state index contributed by atoms with van der Waals surface area (Å²) < 4.78 is 0. The van der Waals surface area contributed by atoms with Crippen LogP contribution in [0.1, 0.15) is 51.2 Å². The monoisotopic (exact) mass is 303 g/mol. The van der Waals surface area contributed by atoms with E-state index in [0.29, 0.717) is 0 Å².